The molecule has 1 N–H and O–H groups in total. The zero-order chi connectivity index (χ0) is 13.3. The zero-order valence-electron chi connectivity index (χ0n) is 9.72. The maximum Gasteiger partial charge on any atom is 0.411 e. The summed E-state index contributed by atoms with van der Waals surface area (Å²) in [7, 11) is 0. The third kappa shape index (κ3) is 2.27. The highest BCUT2D eigenvalue weighted by atomic mass is 19.1. The lowest BCUT2D eigenvalue weighted by molar-refractivity contribution is -0.137. The van der Waals surface area contributed by atoms with Crippen molar-refractivity contribution in [2.45, 2.75) is 12.5 Å². The number of rotatable bonds is 3. The largest absolute Gasteiger partial charge is 0.480 e. The van der Waals surface area contributed by atoms with Crippen molar-refractivity contribution in [2.24, 2.45) is 0 Å². The quantitative estimate of drug-likeness (QED) is 0.888. The lowest BCUT2D eigenvalue weighted by Crippen LogP contribution is -2.33. The first-order valence-electron chi connectivity index (χ1n) is 5.36. The van der Waals surface area contributed by atoms with Crippen LogP contribution >= 0.6 is 0 Å². The Balaban J connectivity index is 2.21. The van der Waals surface area contributed by atoms with E-state index in [-0.39, 0.29) is 12.4 Å². The minimum absolute atomic E-state index is 0.129. The number of benzene rings is 1. The molecule has 0 radical (unpaired) electrons. The first-order valence-corrected chi connectivity index (χ1v) is 5.36. The number of aliphatic carboxylic acids is 1. The second kappa shape index (κ2) is 4.29. The zero-order valence-corrected chi connectivity index (χ0v) is 9.72. The normalized spacial score (nSPS) is 23.0. The summed E-state index contributed by atoms with van der Waals surface area (Å²) in [4.78, 5) is 23.2. The summed E-state index contributed by atoms with van der Waals surface area (Å²) in [6, 6.07) is 5.59. The summed E-state index contributed by atoms with van der Waals surface area (Å²) >= 11 is 0. The minimum Gasteiger partial charge on any atom is -0.480 e. The third-order valence-corrected chi connectivity index (χ3v) is 2.84. The lowest BCUT2D eigenvalue weighted by Gasteiger charge is -2.22. The van der Waals surface area contributed by atoms with Crippen molar-refractivity contribution in [1.29, 1.82) is 0 Å². The van der Waals surface area contributed by atoms with Gasteiger partial charge in [-0.1, -0.05) is 12.1 Å². The Bertz CT molecular complexity index is 487. The number of carboxylic acids is 1. The molecule has 1 aliphatic heterocycles. The molecule has 1 amide bonds. The Morgan fingerprint density at radius 2 is 2.11 bits per heavy atom. The highest BCUT2D eigenvalue weighted by Gasteiger charge is 2.43. The molecule has 1 fully saturated rings. The smallest absolute Gasteiger partial charge is 0.411 e. The first-order chi connectivity index (χ1) is 8.40. The van der Waals surface area contributed by atoms with Crippen LogP contribution < -0.4 is 0 Å². The molecule has 1 aromatic rings. The Morgan fingerprint density at radius 3 is 2.67 bits per heavy atom. The molecule has 0 bridgehead atoms. The molecular formula is C12H12FNO4. The summed E-state index contributed by atoms with van der Waals surface area (Å²) in [5.74, 6) is -1.48. The number of carboxylic acid groups (broad SMARTS) is 1. The molecule has 1 aliphatic rings. The van der Waals surface area contributed by atoms with E-state index in [2.05, 4.69) is 0 Å². The Hall–Kier alpha value is -2.11. The van der Waals surface area contributed by atoms with Gasteiger partial charge in [0.25, 0.3) is 0 Å². The van der Waals surface area contributed by atoms with Gasteiger partial charge in [0, 0.05) is 0 Å². The van der Waals surface area contributed by atoms with Crippen molar-refractivity contribution in [3.63, 3.8) is 0 Å². The van der Waals surface area contributed by atoms with Crippen LogP contribution in [0.5, 0.6) is 0 Å². The van der Waals surface area contributed by atoms with Crippen molar-refractivity contribution >= 4 is 12.1 Å². The standard InChI is InChI=1S/C12H12FNO4/c1-12(8-2-4-9(13)5-3-8)7-14(6-10(15)16)11(17)18-12/h2-5H,6-7H2,1H3,(H,15,16). The number of halogens is 1. The van der Waals surface area contributed by atoms with Crippen molar-refractivity contribution in [1.82, 2.24) is 4.90 Å². The van der Waals surface area contributed by atoms with E-state index < -0.39 is 24.2 Å². The number of nitrogens with zero attached hydrogens (tertiary/aromatic N) is 1. The monoisotopic (exact) mass is 253 g/mol. The van der Waals surface area contributed by atoms with Crippen molar-refractivity contribution < 1.29 is 23.8 Å². The van der Waals surface area contributed by atoms with Gasteiger partial charge in [-0.15, -0.1) is 0 Å². The van der Waals surface area contributed by atoms with Gasteiger partial charge in [0.2, 0.25) is 0 Å². The summed E-state index contributed by atoms with van der Waals surface area (Å²) < 4.78 is 18.0. The fourth-order valence-electron chi connectivity index (χ4n) is 1.95. The SMILES string of the molecule is CC1(c2ccc(F)cc2)CN(CC(=O)O)C(=O)O1. The molecule has 1 unspecified atom stereocenters. The van der Waals surface area contributed by atoms with Crippen LogP contribution in [-0.2, 0) is 15.1 Å². The van der Waals surface area contributed by atoms with E-state index in [1.165, 1.54) is 24.3 Å². The summed E-state index contributed by atoms with van der Waals surface area (Å²) in [5, 5.41) is 8.67. The number of ether oxygens (including phenoxy) is 1. The van der Waals surface area contributed by atoms with Crippen LogP contribution in [0.25, 0.3) is 0 Å². The molecule has 0 aliphatic carbocycles. The van der Waals surface area contributed by atoms with Crippen LogP contribution in [0.1, 0.15) is 12.5 Å². The van der Waals surface area contributed by atoms with Crippen LogP contribution in [0.2, 0.25) is 0 Å². The van der Waals surface area contributed by atoms with E-state index in [0.717, 1.165) is 4.90 Å². The van der Waals surface area contributed by atoms with Crippen LogP contribution in [-0.4, -0.2) is 35.2 Å². The molecule has 6 heteroatoms. The summed E-state index contributed by atoms with van der Waals surface area (Å²) in [6.07, 6.45) is -0.677. The minimum atomic E-state index is -1.10. The number of hydrogen-bond acceptors (Lipinski definition) is 3. The molecule has 1 aromatic carbocycles. The van der Waals surface area contributed by atoms with Gasteiger partial charge in [0.1, 0.15) is 12.4 Å². The van der Waals surface area contributed by atoms with Crippen LogP contribution in [0, 0.1) is 5.82 Å². The molecule has 0 aromatic heterocycles. The second-order valence-electron chi connectivity index (χ2n) is 4.36. The fourth-order valence-corrected chi connectivity index (χ4v) is 1.95. The van der Waals surface area contributed by atoms with Crippen molar-refractivity contribution in [2.75, 3.05) is 13.1 Å². The number of amides is 1. The molecule has 0 saturated carbocycles. The maximum atomic E-state index is 12.8. The maximum absolute atomic E-state index is 12.8. The molecule has 5 nitrogen and oxygen atoms in total. The van der Waals surface area contributed by atoms with Crippen LogP contribution in [0.4, 0.5) is 9.18 Å². The molecule has 2 rings (SSSR count). The average molecular weight is 253 g/mol. The predicted molar refractivity (Wildman–Crippen MR) is 59.4 cm³/mol. The molecule has 0 spiro atoms. The van der Waals surface area contributed by atoms with Gasteiger partial charge in [-0.25, -0.2) is 9.18 Å². The van der Waals surface area contributed by atoms with Crippen LogP contribution in [0.3, 0.4) is 0 Å². The second-order valence-corrected chi connectivity index (χ2v) is 4.36. The molecule has 18 heavy (non-hydrogen) atoms. The van der Waals surface area contributed by atoms with E-state index >= 15 is 0 Å². The van der Waals surface area contributed by atoms with E-state index in [0.29, 0.717) is 5.56 Å². The van der Waals surface area contributed by atoms with Gasteiger partial charge in [-0.2, -0.15) is 0 Å². The number of hydrogen-bond donors (Lipinski definition) is 1. The van der Waals surface area contributed by atoms with Gasteiger partial charge >= 0.3 is 12.1 Å². The van der Waals surface area contributed by atoms with Gasteiger partial charge in [-0.05, 0) is 24.6 Å². The van der Waals surface area contributed by atoms with Crippen molar-refractivity contribution in [3.05, 3.63) is 35.6 Å². The predicted octanol–water partition coefficient (Wildman–Crippen LogP) is 1.58. The van der Waals surface area contributed by atoms with Gasteiger partial charge in [0.05, 0.1) is 6.54 Å². The van der Waals surface area contributed by atoms with E-state index in [9.17, 15) is 14.0 Å². The first kappa shape index (κ1) is 12.3. The van der Waals surface area contributed by atoms with E-state index in [4.69, 9.17) is 9.84 Å². The molecule has 96 valence electrons. The molecular weight excluding hydrogens is 241 g/mol. The molecule has 1 heterocycles. The average Bonchev–Trinajstić information content (AvgIpc) is 2.55. The Morgan fingerprint density at radius 1 is 1.50 bits per heavy atom. The van der Waals surface area contributed by atoms with Crippen LogP contribution in [0.15, 0.2) is 24.3 Å². The van der Waals surface area contributed by atoms with Gasteiger partial charge in [-0.3, -0.25) is 9.69 Å². The lowest BCUT2D eigenvalue weighted by atomic mass is 9.96. The summed E-state index contributed by atoms with van der Waals surface area (Å²) in [6.45, 7) is 1.39. The molecule has 1 saturated heterocycles. The fraction of sp³-hybridized carbons (Fsp3) is 0.333. The number of cyclic esters (lactones) is 1. The van der Waals surface area contributed by atoms with Crippen molar-refractivity contribution in [3.8, 4) is 0 Å². The highest BCUT2D eigenvalue weighted by Crippen LogP contribution is 2.32. The van der Waals surface area contributed by atoms with E-state index in [1.807, 2.05) is 0 Å². The number of carbonyl (C=O) groups is 2. The number of carbonyl (C=O) groups excluding carboxylic acids is 1. The highest BCUT2D eigenvalue weighted by molar-refractivity contribution is 5.78. The topological polar surface area (TPSA) is 66.8 Å². The Labute approximate surface area is 103 Å². The summed E-state index contributed by atoms with van der Waals surface area (Å²) in [5.41, 5.74) is -0.314. The van der Waals surface area contributed by atoms with Gasteiger partial charge < -0.3 is 9.84 Å². The van der Waals surface area contributed by atoms with E-state index in [1.54, 1.807) is 6.92 Å². The third-order valence-electron chi connectivity index (χ3n) is 2.84. The molecule has 1 atom stereocenters. The Kier molecular flexibility index (Phi) is 2.94. The van der Waals surface area contributed by atoms with Gasteiger partial charge in [0.15, 0.2) is 5.60 Å².